The van der Waals surface area contributed by atoms with E-state index < -0.39 is 0 Å². The van der Waals surface area contributed by atoms with E-state index in [1.54, 1.807) is 22.6 Å². The first-order chi connectivity index (χ1) is 13.5. The molecule has 0 fully saturated rings. The fourth-order valence-electron chi connectivity index (χ4n) is 2.61. The van der Waals surface area contributed by atoms with E-state index in [-0.39, 0.29) is 17.5 Å². The van der Waals surface area contributed by atoms with Gasteiger partial charge >= 0.3 is 0 Å². The topological polar surface area (TPSA) is 118 Å². The number of nitrogens with zero attached hydrogens (tertiary/aromatic N) is 4. The summed E-state index contributed by atoms with van der Waals surface area (Å²) < 4.78 is 1.76. The fraction of sp³-hybridized carbons (Fsp3) is 0.389. The highest BCUT2D eigenvalue weighted by atomic mass is 32.2. The number of pyridine rings is 1. The molecule has 1 amide bonds. The van der Waals surface area contributed by atoms with Crippen molar-refractivity contribution in [3.8, 4) is 0 Å². The van der Waals surface area contributed by atoms with E-state index >= 15 is 0 Å². The van der Waals surface area contributed by atoms with E-state index in [4.69, 9.17) is 0 Å². The van der Waals surface area contributed by atoms with Crippen molar-refractivity contribution in [3.63, 3.8) is 0 Å². The van der Waals surface area contributed by atoms with Gasteiger partial charge in [0.15, 0.2) is 10.8 Å². The number of fused-ring (bicyclic) bond motifs is 1. The third-order valence-corrected chi connectivity index (χ3v) is 4.56. The van der Waals surface area contributed by atoms with Crippen LogP contribution in [-0.4, -0.2) is 49.0 Å². The number of H-pyrrole nitrogens is 1. The minimum atomic E-state index is -0.258. The number of carbonyl (C=O) groups is 1. The normalized spacial score (nSPS) is 11.1. The summed E-state index contributed by atoms with van der Waals surface area (Å²) in [6.07, 6.45) is 3.14. The summed E-state index contributed by atoms with van der Waals surface area (Å²) in [5.74, 6) is 1.38. The van der Waals surface area contributed by atoms with Crippen LogP contribution in [0, 0.1) is 0 Å². The Morgan fingerprint density at radius 3 is 2.82 bits per heavy atom. The molecule has 0 spiro atoms. The average Bonchev–Trinajstić information content (AvgIpc) is 3.05. The zero-order chi connectivity index (χ0) is 20.1. The lowest BCUT2D eigenvalue weighted by Gasteiger charge is -2.11. The highest BCUT2D eigenvalue weighted by molar-refractivity contribution is 7.99. The van der Waals surface area contributed by atoms with Crippen LogP contribution in [0.25, 0.3) is 11.0 Å². The van der Waals surface area contributed by atoms with Crippen LogP contribution >= 0.6 is 11.8 Å². The van der Waals surface area contributed by atoms with Crippen molar-refractivity contribution >= 4 is 34.5 Å². The van der Waals surface area contributed by atoms with Crippen LogP contribution in [0.2, 0.25) is 0 Å². The molecule has 3 heterocycles. The maximum atomic E-state index is 12.2. The van der Waals surface area contributed by atoms with Crippen molar-refractivity contribution in [1.29, 1.82) is 0 Å². The lowest BCUT2D eigenvalue weighted by Crippen LogP contribution is -2.28. The van der Waals surface area contributed by atoms with Gasteiger partial charge in [-0.05, 0) is 25.7 Å². The number of carbonyl (C=O) groups excluding carboxylic acids is 1. The number of anilines is 1. The fourth-order valence-corrected chi connectivity index (χ4v) is 3.17. The van der Waals surface area contributed by atoms with Crippen molar-refractivity contribution in [2.45, 2.75) is 38.5 Å². The molecule has 9 nitrogen and oxygen atoms in total. The van der Waals surface area contributed by atoms with Crippen molar-refractivity contribution in [1.82, 2.24) is 30.0 Å². The second-order valence-electron chi connectivity index (χ2n) is 6.39. The van der Waals surface area contributed by atoms with Crippen LogP contribution in [0.3, 0.4) is 0 Å². The maximum Gasteiger partial charge on any atom is 0.252 e. The molecule has 0 saturated carbocycles. The van der Waals surface area contributed by atoms with Gasteiger partial charge in [0.1, 0.15) is 5.82 Å². The van der Waals surface area contributed by atoms with E-state index in [1.807, 2.05) is 0 Å². The number of hydrogen-bond donors (Lipinski definition) is 3. The molecule has 0 aliphatic carbocycles. The van der Waals surface area contributed by atoms with Gasteiger partial charge in [0.2, 0.25) is 5.56 Å². The molecule has 148 valence electrons. The van der Waals surface area contributed by atoms with Gasteiger partial charge in [0, 0.05) is 24.8 Å². The van der Waals surface area contributed by atoms with E-state index in [9.17, 15) is 9.59 Å². The zero-order valence-corrected chi connectivity index (χ0v) is 16.8. The highest BCUT2D eigenvalue weighted by Crippen LogP contribution is 2.24. The number of thioether (sulfide) groups is 1. The Kier molecular flexibility index (Phi) is 6.30. The predicted molar refractivity (Wildman–Crippen MR) is 110 cm³/mol. The number of aromatic nitrogens is 5. The van der Waals surface area contributed by atoms with Gasteiger partial charge in [-0.15, -0.1) is 0 Å². The number of nitrogens with one attached hydrogen (secondary N) is 3. The Morgan fingerprint density at radius 2 is 2.14 bits per heavy atom. The number of amides is 1. The SMILES string of the molecule is CCSc1nc(NC(C)C)c2cnn(CCNC(=O)c3ccc(=O)[nH]c3)c2n1. The molecule has 0 atom stereocenters. The van der Waals surface area contributed by atoms with Gasteiger partial charge in [-0.2, -0.15) is 5.10 Å². The Hall–Kier alpha value is -2.88. The molecule has 0 aliphatic heterocycles. The molecule has 0 saturated heterocycles. The first-order valence-corrected chi connectivity index (χ1v) is 10.1. The molecule has 10 heteroatoms. The van der Waals surface area contributed by atoms with Gasteiger partial charge in [0.25, 0.3) is 5.91 Å². The van der Waals surface area contributed by atoms with Crippen LogP contribution in [0.4, 0.5) is 5.82 Å². The summed E-state index contributed by atoms with van der Waals surface area (Å²) in [5, 5.41) is 12.1. The predicted octanol–water partition coefficient (Wildman–Crippen LogP) is 1.88. The van der Waals surface area contributed by atoms with E-state index in [0.29, 0.717) is 23.8 Å². The Labute approximate surface area is 166 Å². The number of hydrogen-bond acceptors (Lipinski definition) is 7. The van der Waals surface area contributed by atoms with Crippen LogP contribution < -0.4 is 16.2 Å². The molecule has 0 aromatic carbocycles. The smallest absolute Gasteiger partial charge is 0.252 e. The van der Waals surface area contributed by atoms with Gasteiger partial charge in [-0.25, -0.2) is 14.6 Å². The quantitative estimate of drug-likeness (QED) is 0.390. The Morgan fingerprint density at radius 1 is 1.32 bits per heavy atom. The lowest BCUT2D eigenvalue weighted by atomic mass is 10.3. The second kappa shape index (κ2) is 8.87. The van der Waals surface area contributed by atoms with Gasteiger partial charge in [-0.3, -0.25) is 9.59 Å². The van der Waals surface area contributed by atoms with Crippen LogP contribution in [-0.2, 0) is 6.54 Å². The highest BCUT2D eigenvalue weighted by Gasteiger charge is 2.14. The first-order valence-electron chi connectivity index (χ1n) is 9.07. The monoisotopic (exact) mass is 401 g/mol. The summed E-state index contributed by atoms with van der Waals surface area (Å²) in [6.45, 7) is 7.00. The van der Waals surface area contributed by atoms with Crippen LogP contribution in [0.1, 0.15) is 31.1 Å². The molecular formula is C18H23N7O2S. The summed E-state index contributed by atoms with van der Waals surface area (Å²) in [6, 6.07) is 3.05. The summed E-state index contributed by atoms with van der Waals surface area (Å²) in [4.78, 5) is 34.9. The summed E-state index contributed by atoms with van der Waals surface area (Å²) in [5.41, 5.74) is 0.885. The molecule has 3 N–H and O–H groups in total. The Balaban J connectivity index is 1.75. The van der Waals surface area contributed by atoms with Crippen molar-refractivity contribution < 1.29 is 4.79 Å². The standard InChI is InChI=1S/C18H23N7O2S/c1-4-28-18-23-15(22-11(2)3)13-10-21-25(16(13)24-18)8-7-19-17(27)12-5-6-14(26)20-9-12/h5-6,9-11H,4,7-8H2,1-3H3,(H,19,27)(H,20,26)(H,22,23,24). The number of aromatic amines is 1. The second-order valence-corrected chi connectivity index (χ2v) is 7.62. The molecule has 0 radical (unpaired) electrons. The van der Waals surface area contributed by atoms with Gasteiger partial charge in [-0.1, -0.05) is 18.7 Å². The molecular weight excluding hydrogens is 378 g/mol. The molecule has 0 bridgehead atoms. The zero-order valence-electron chi connectivity index (χ0n) is 16.0. The van der Waals surface area contributed by atoms with Crippen LogP contribution in [0.15, 0.2) is 34.5 Å². The summed E-state index contributed by atoms with van der Waals surface area (Å²) >= 11 is 1.57. The Bertz CT molecular complexity index is 1010. The van der Waals surface area contributed by atoms with Crippen LogP contribution in [0.5, 0.6) is 0 Å². The molecule has 0 unspecified atom stereocenters. The molecule has 3 rings (SSSR count). The minimum Gasteiger partial charge on any atom is -0.367 e. The molecule has 28 heavy (non-hydrogen) atoms. The van der Waals surface area contributed by atoms with Crippen molar-refractivity contribution in [2.24, 2.45) is 0 Å². The van der Waals surface area contributed by atoms with Gasteiger partial charge in [0.05, 0.1) is 23.7 Å². The lowest BCUT2D eigenvalue weighted by molar-refractivity contribution is 0.0951. The van der Waals surface area contributed by atoms with Crippen molar-refractivity contribution in [3.05, 3.63) is 40.4 Å². The summed E-state index contributed by atoms with van der Waals surface area (Å²) in [7, 11) is 0. The number of rotatable bonds is 8. The average molecular weight is 401 g/mol. The molecule has 3 aromatic rings. The third kappa shape index (κ3) is 4.69. The molecule has 0 aliphatic rings. The van der Waals surface area contributed by atoms with Crippen molar-refractivity contribution in [2.75, 3.05) is 17.6 Å². The minimum absolute atomic E-state index is 0.234. The largest absolute Gasteiger partial charge is 0.367 e. The third-order valence-electron chi connectivity index (χ3n) is 3.83. The van der Waals surface area contributed by atoms with E-state index in [2.05, 4.69) is 51.5 Å². The van der Waals surface area contributed by atoms with Gasteiger partial charge < -0.3 is 15.6 Å². The maximum absolute atomic E-state index is 12.2. The first kappa shape index (κ1) is 19.9. The van der Waals surface area contributed by atoms with E-state index in [1.165, 1.54) is 18.3 Å². The van der Waals surface area contributed by atoms with E-state index in [0.717, 1.165) is 22.6 Å². The molecule has 3 aromatic heterocycles.